The van der Waals surface area contributed by atoms with E-state index in [1.54, 1.807) is 0 Å². The lowest BCUT2D eigenvalue weighted by molar-refractivity contribution is -0.0550. The molecule has 0 spiro atoms. The smallest absolute Gasteiger partial charge is 0.330 e. The van der Waals surface area contributed by atoms with E-state index in [9.17, 15) is 19.8 Å². The van der Waals surface area contributed by atoms with Gasteiger partial charge in [-0.3, -0.25) is 14.3 Å². The molecule has 1 aliphatic rings. The summed E-state index contributed by atoms with van der Waals surface area (Å²) in [6, 6.07) is 0. The van der Waals surface area contributed by atoms with Crippen molar-refractivity contribution in [2.45, 2.75) is 24.5 Å². The number of hydrogen-bond donors (Lipinski definition) is 4. The summed E-state index contributed by atoms with van der Waals surface area (Å²) in [6.07, 6.45) is -2.27. The van der Waals surface area contributed by atoms with Gasteiger partial charge in [-0.05, 0) is 11.1 Å². The van der Waals surface area contributed by atoms with Crippen LogP contribution in [0.1, 0.15) is 11.8 Å². The number of halogens is 1. The summed E-state index contributed by atoms with van der Waals surface area (Å²) in [5.41, 5.74) is -1.20. The first-order valence-corrected chi connectivity index (χ1v) is 6.66. The van der Waals surface area contributed by atoms with Crippen LogP contribution in [0.5, 0.6) is 0 Å². The molecule has 2 heterocycles. The van der Waals surface area contributed by atoms with E-state index in [-0.39, 0.29) is 5.56 Å². The molecule has 2 rings (SSSR count). The Morgan fingerprint density at radius 1 is 1.40 bits per heavy atom. The van der Waals surface area contributed by atoms with Crippen molar-refractivity contribution in [2.75, 3.05) is 6.61 Å². The third-order valence-electron chi connectivity index (χ3n) is 3.03. The molecule has 1 aromatic rings. The topological polar surface area (TPSA) is 125 Å². The minimum Gasteiger partial charge on any atom is -0.394 e. The highest BCUT2D eigenvalue weighted by Crippen LogP contribution is 2.27. The first-order chi connectivity index (χ1) is 9.49. The van der Waals surface area contributed by atoms with Gasteiger partial charge in [-0.15, -0.1) is 0 Å². The van der Waals surface area contributed by atoms with Gasteiger partial charge in [0, 0.05) is 6.20 Å². The number of aromatic nitrogens is 2. The number of rotatable bonds is 3. The highest BCUT2D eigenvalue weighted by atomic mass is 79.9. The van der Waals surface area contributed by atoms with Gasteiger partial charge >= 0.3 is 5.69 Å². The monoisotopic (exact) mass is 348 g/mol. The molecule has 4 N–H and O–H groups in total. The number of H-pyrrole nitrogens is 1. The molecule has 8 nitrogen and oxygen atoms in total. The van der Waals surface area contributed by atoms with Gasteiger partial charge in [-0.1, -0.05) is 15.9 Å². The summed E-state index contributed by atoms with van der Waals surface area (Å²) in [5.74, 6) is 0. The number of aliphatic hydroxyl groups is 3. The Hall–Kier alpha value is -1.26. The van der Waals surface area contributed by atoms with E-state index in [4.69, 9.17) is 9.84 Å². The minimum atomic E-state index is -1.39. The van der Waals surface area contributed by atoms with E-state index >= 15 is 0 Å². The van der Waals surface area contributed by atoms with Crippen LogP contribution in [0, 0.1) is 0 Å². The van der Waals surface area contributed by atoms with Crippen molar-refractivity contribution < 1.29 is 20.1 Å². The zero-order valence-electron chi connectivity index (χ0n) is 10.1. The van der Waals surface area contributed by atoms with Gasteiger partial charge in [0.15, 0.2) is 6.23 Å². The lowest BCUT2D eigenvalue weighted by atomic mass is 10.1. The number of nitrogens with zero attached hydrogens (tertiary/aromatic N) is 1. The molecule has 0 bridgehead atoms. The summed E-state index contributed by atoms with van der Waals surface area (Å²) in [4.78, 5) is 26.8. The fraction of sp³-hybridized carbons (Fsp3) is 0.455. The standard InChI is InChI=1S/C11H13BrN2O6/c12-2-1-5-3-14(11(19)13-9(5)18)10-8(17)7(16)6(4-15)20-10/h1-3,6-8,10,15-17H,4H2,(H,13,18,19)/b2-1-. The van der Waals surface area contributed by atoms with E-state index in [1.807, 2.05) is 0 Å². The first-order valence-electron chi connectivity index (χ1n) is 5.74. The van der Waals surface area contributed by atoms with Crippen molar-refractivity contribution in [3.8, 4) is 0 Å². The Kier molecular flexibility index (Phi) is 4.55. The van der Waals surface area contributed by atoms with E-state index in [1.165, 1.54) is 17.3 Å². The van der Waals surface area contributed by atoms with Crippen molar-refractivity contribution in [3.63, 3.8) is 0 Å². The second-order valence-electron chi connectivity index (χ2n) is 4.27. The van der Waals surface area contributed by atoms with Crippen molar-refractivity contribution in [3.05, 3.63) is 37.6 Å². The zero-order valence-corrected chi connectivity index (χ0v) is 11.7. The molecule has 0 saturated carbocycles. The van der Waals surface area contributed by atoms with Crippen LogP contribution < -0.4 is 11.2 Å². The molecular formula is C11H13BrN2O6. The molecule has 110 valence electrons. The van der Waals surface area contributed by atoms with E-state index in [0.29, 0.717) is 0 Å². The van der Waals surface area contributed by atoms with Crippen LogP contribution in [-0.2, 0) is 4.74 Å². The van der Waals surface area contributed by atoms with Crippen LogP contribution in [0.3, 0.4) is 0 Å². The highest BCUT2D eigenvalue weighted by molar-refractivity contribution is 9.11. The average molecular weight is 349 g/mol. The Bertz CT molecular complexity index is 624. The predicted molar refractivity (Wildman–Crippen MR) is 72.3 cm³/mol. The van der Waals surface area contributed by atoms with Crippen LogP contribution >= 0.6 is 15.9 Å². The molecule has 1 saturated heterocycles. The molecule has 1 aromatic heterocycles. The van der Waals surface area contributed by atoms with Gasteiger partial charge in [-0.25, -0.2) is 4.79 Å². The number of aromatic amines is 1. The van der Waals surface area contributed by atoms with Gasteiger partial charge in [0.25, 0.3) is 5.56 Å². The first kappa shape index (κ1) is 15.1. The second-order valence-corrected chi connectivity index (χ2v) is 4.80. The summed E-state index contributed by atoms with van der Waals surface area (Å²) in [7, 11) is 0. The normalized spacial score (nSPS) is 30.2. The van der Waals surface area contributed by atoms with Crippen molar-refractivity contribution >= 4 is 22.0 Å². The Labute approximate surface area is 121 Å². The molecule has 4 unspecified atom stereocenters. The average Bonchev–Trinajstić information content (AvgIpc) is 2.70. The fourth-order valence-corrected chi connectivity index (χ4v) is 2.27. The van der Waals surface area contributed by atoms with Gasteiger partial charge in [0.2, 0.25) is 0 Å². The van der Waals surface area contributed by atoms with Crippen molar-refractivity contribution in [1.29, 1.82) is 0 Å². The Morgan fingerprint density at radius 3 is 2.65 bits per heavy atom. The number of nitrogens with one attached hydrogen (secondary N) is 1. The highest BCUT2D eigenvalue weighted by Gasteiger charge is 2.43. The number of ether oxygens (including phenoxy) is 1. The lowest BCUT2D eigenvalue weighted by Crippen LogP contribution is -2.38. The van der Waals surface area contributed by atoms with Gasteiger partial charge in [0.05, 0.1) is 12.2 Å². The largest absolute Gasteiger partial charge is 0.394 e. The second kappa shape index (κ2) is 6.02. The summed E-state index contributed by atoms with van der Waals surface area (Å²) >= 11 is 3.01. The third-order valence-corrected chi connectivity index (χ3v) is 3.29. The van der Waals surface area contributed by atoms with Crippen molar-refractivity contribution in [1.82, 2.24) is 9.55 Å². The van der Waals surface area contributed by atoms with E-state index in [2.05, 4.69) is 20.9 Å². The molecule has 0 radical (unpaired) electrons. The van der Waals surface area contributed by atoms with Crippen LogP contribution in [0.4, 0.5) is 0 Å². The number of hydrogen-bond acceptors (Lipinski definition) is 6. The van der Waals surface area contributed by atoms with E-state index in [0.717, 1.165) is 4.57 Å². The minimum absolute atomic E-state index is 0.166. The summed E-state index contributed by atoms with van der Waals surface area (Å²) in [6.45, 7) is -0.499. The van der Waals surface area contributed by atoms with Crippen LogP contribution in [0.15, 0.2) is 20.8 Å². The molecule has 0 aliphatic carbocycles. The lowest BCUT2D eigenvalue weighted by Gasteiger charge is -2.17. The Morgan fingerprint density at radius 2 is 2.10 bits per heavy atom. The van der Waals surface area contributed by atoms with Crippen LogP contribution in [-0.4, -0.2) is 49.8 Å². The molecule has 0 amide bonds. The maximum absolute atomic E-state index is 11.8. The molecule has 9 heteroatoms. The summed E-state index contributed by atoms with van der Waals surface area (Å²) in [5, 5.41) is 28.5. The predicted octanol–water partition coefficient (Wildman–Crippen LogP) is -1.49. The fourth-order valence-electron chi connectivity index (χ4n) is 1.99. The quantitative estimate of drug-likeness (QED) is 0.527. The molecule has 0 aromatic carbocycles. The van der Waals surface area contributed by atoms with Crippen molar-refractivity contribution in [2.24, 2.45) is 0 Å². The molecule has 1 aliphatic heterocycles. The van der Waals surface area contributed by atoms with E-state index < -0.39 is 42.4 Å². The number of aliphatic hydroxyl groups excluding tert-OH is 3. The van der Waals surface area contributed by atoms with Gasteiger partial charge in [0.1, 0.15) is 18.3 Å². The van der Waals surface area contributed by atoms with Crippen LogP contribution in [0.2, 0.25) is 0 Å². The zero-order chi connectivity index (χ0) is 14.9. The molecule has 20 heavy (non-hydrogen) atoms. The van der Waals surface area contributed by atoms with Gasteiger partial charge in [-0.2, -0.15) is 0 Å². The maximum Gasteiger partial charge on any atom is 0.330 e. The molecule has 1 fully saturated rings. The molecule has 4 atom stereocenters. The maximum atomic E-state index is 11.8. The SMILES string of the molecule is O=c1[nH]c(=O)n(C2OC(CO)C(O)C2O)cc1/C=C\Br. The molecular weight excluding hydrogens is 336 g/mol. The Balaban J connectivity index is 2.46. The third kappa shape index (κ3) is 2.63. The summed E-state index contributed by atoms with van der Waals surface area (Å²) < 4.78 is 6.20. The van der Waals surface area contributed by atoms with Gasteiger partial charge < -0.3 is 20.1 Å². The van der Waals surface area contributed by atoms with Crippen LogP contribution in [0.25, 0.3) is 6.08 Å².